The van der Waals surface area contributed by atoms with Crippen LogP contribution in [0.4, 0.5) is 11.4 Å². The molecule has 0 atom stereocenters. The van der Waals surface area contributed by atoms with Crippen molar-refractivity contribution in [2.24, 2.45) is 5.10 Å². The van der Waals surface area contributed by atoms with E-state index in [1.54, 1.807) is 30.3 Å². The Morgan fingerprint density at radius 2 is 1.58 bits per heavy atom. The SMILES string of the molecule is CC1(C)CCN2CCC(C)(C)c3cc(/C=C4\C(=O)N(c5ccccc5)N=C4C(=O)[O-])cc1c32. The normalized spacial score (nSPS) is 21.8. The summed E-state index contributed by atoms with van der Waals surface area (Å²) in [4.78, 5) is 27.6. The summed E-state index contributed by atoms with van der Waals surface area (Å²) in [6.07, 6.45) is 3.76. The minimum Gasteiger partial charge on any atom is -0.543 e. The van der Waals surface area contributed by atoms with Crippen molar-refractivity contribution in [3.63, 3.8) is 0 Å². The molecule has 33 heavy (non-hydrogen) atoms. The fourth-order valence-corrected chi connectivity index (χ4v) is 5.15. The predicted molar refractivity (Wildman–Crippen MR) is 128 cm³/mol. The predicted octanol–water partition coefficient (Wildman–Crippen LogP) is 3.39. The molecule has 5 rings (SSSR count). The van der Waals surface area contributed by atoms with Crippen LogP contribution < -0.4 is 15.0 Å². The van der Waals surface area contributed by atoms with Crippen LogP contribution in [0.25, 0.3) is 6.08 Å². The standard InChI is InChI=1S/C27H29N3O3/c1-26(2)10-12-29-13-11-27(3,4)21-16-17(15-20(26)23(21)29)14-19-22(25(32)33)28-30(24(19)31)18-8-6-5-7-9-18/h5-9,14-16H,10-13H2,1-4H3,(H,32,33)/p-1/b19-14-. The van der Waals surface area contributed by atoms with Gasteiger partial charge in [-0.15, -0.1) is 0 Å². The van der Waals surface area contributed by atoms with Gasteiger partial charge in [-0.2, -0.15) is 10.1 Å². The second-order valence-electron chi connectivity index (χ2n) is 10.5. The van der Waals surface area contributed by atoms with Crippen molar-refractivity contribution in [3.8, 4) is 0 Å². The molecule has 1 amide bonds. The number of hydrogen-bond donors (Lipinski definition) is 0. The molecule has 0 unspecified atom stereocenters. The van der Waals surface area contributed by atoms with Crippen molar-refractivity contribution >= 4 is 35.0 Å². The number of aliphatic carboxylic acids is 1. The molecule has 2 aromatic rings. The molecule has 0 saturated heterocycles. The third-order valence-electron chi connectivity index (χ3n) is 7.30. The van der Waals surface area contributed by atoms with Crippen molar-refractivity contribution in [3.05, 3.63) is 64.7 Å². The number of carbonyl (C=O) groups excluding carboxylic acids is 2. The van der Waals surface area contributed by atoms with Gasteiger partial charge in [-0.25, -0.2) is 0 Å². The van der Waals surface area contributed by atoms with Gasteiger partial charge in [0.15, 0.2) is 0 Å². The topological polar surface area (TPSA) is 76.0 Å². The van der Waals surface area contributed by atoms with Crippen molar-refractivity contribution in [1.29, 1.82) is 0 Å². The Morgan fingerprint density at radius 3 is 2.12 bits per heavy atom. The molecule has 6 heteroatoms. The minimum atomic E-state index is -1.46. The number of rotatable bonds is 3. The number of carboxylic acids is 1. The second kappa shape index (κ2) is 7.30. The van der Waals surface area contributed by atoms with Crippen LogP contribution in [0.5, 0.6) is 0 Å². The number of hydrazone groups is 1. The molecule has 0 saturated carbocycles. The maximum Gasteiger partial charge on any atom is 0.281 e. The number of para-hydroxylation sites is 1. The van der Waals surface area contributed by atoms with E-state index in [4.69, 9.17) is 0 Å². The lowest BCUT2D eigenvalue weighted by atomic mass is 9.69. The number of benzene rings is 2. The van der Waals surface area contributed by atoms with Crippen LogP contribution in [0.3, 0.4) is 0 Å². The number of anilines is 2. The highest BCUT2D eigenvalue weighted by atomic mass is 16.4. The van der Waals surface area contributed by atoms with Crippen LogP contribution in [0, 0.1) is 0 Å². The van der Waals surface area contributed by atoms with Crippen molar-refractivity contribution in [1.82, 2.24) is 0 Å². The number of carboxylic acid groups (broad SMARTS) is 1. The molecular weight excluding hydrogens is 414 g/mol. The summed E-state index contributed by atoms with van der Waals surface area (Å²) in [7, 11) is 0. The highest BCUT2D eigenvalue weighted by molar-refractivity contribution is 6.53. The Hall–Kier alpha value is -3.41. The third-order valence-corrected chi connectivity index (χ3v) is 7.30. The maximum atomic E-state index is 13.2. The molecule has 0 bridgehead atoms. The van der Waals surface area contributed by atoms with E-state index in [0.29, 0.717) is 5.69 Å². The fourth-order valence-electron chi connectivity index (χ4n) is 5.15. The molecule has 0 aliphatic carbocycles. The average Bonchev–Trinajstić information content (AvgIpc) is 3.09. The monoisotopic (exact) mass is 442 g/mol. The van der Waals surface area contributed by atoms with Crippen LogP contribution in [0.1, 0.15) is 57.2 Å². The molecule has 3 aliphatic rings. The zero-order valence-corrected chi connectivity index (χ0v) is 19.5. The first kappa shape index (κ1) is 21.4. The smallest absolute Gasteiger partial charge is 0.281 e. The fraction of sp³-hybridized carbons (Fsp3) is 0.370. The first-order chi connectivity index (χ1) is 15.6. The molecule has 0 N–H and O–H groups in total. The minimum absolute atomic E-state index is 0.0104. The molecule has 170 valence electrons. The molecule has 0 fully saturated rings. The summed E-state index contributed by atoms with van der Waals surface area (Å²) in [6, 6.07) is 13.1. The molecular formula is C27H28N3O3-. The number of nitrogens with zero attached hydrogens (tertiary/aromatic N) is 3. The number of amides is 1. The maximum absolute atomic E-state index is 13.2. The number of carbonyl (C=O) groups is 2. The molecule has 2 aromatic carbocycles. The second-order valence-corrected chi connectivity index (χ2v) is 10.5. The van der Waals surface area contributed by atoms with Crippen LogP contribution in [0.2, 0.25) is 0 Å². The van der Waals surface area contributed by atoms with Gasteiger partial charge < -0.3 is 14.8 Å². The van der Waals surface area contributed by atoms with Gasteiger partial charge in [0.2, 0.25) is 0 Å². The molecule has 3 aliphatic heterocycles. The quantitative estimate of drug-likeness (QED) is 0.683. The zero-order valence-electron chi connectivity index (χ0n) is 19.5. The van der Waals surface area contributed by atoms with Gasteiger partial charge in [0.25, 0.3) is 5.91 Å². The van der Waals surface area contributed by atoms with E-state index < -0.39 is 11.9 Å². The molecule has 0 spiro atoms. The van der Waals surface area contributed by atoms with Gasteiger partial charge in [-0.05, 0) is 70.7 Å². The third kappa shape index (κ3) is 3.45. The Bertz CT molecular complexity index is 1180. The van der Waals surface area contributed by atoms with Crippen molar-refractivity contribution in [2.45, 2.75) is 51.4 Å². The first-order valence-electron chi connectivity index (χ1n) is 11.4. The zero-order chi connectivity index (χ0) is 23.5. The summed E-state index contributed by atoms with van der Waals surface area (Å²) in [5.74, 6) is -1.92. The van der Waals surface area contributed by atoms with E-state index in [2.05, 4.69) is 49.8 Å². The van der Waals surface area contributed by atoms with E-state index in [0.717, 1.165) is 36.5 Å². The lowest BCUT2D eigenvalue weighted by Crippen LogP contribution is -2.44. The first-order valence-corrected chi connectivity index (χ1v) is 11.4. The average molecular weight is 443 g/mol. The summed E-state index contributed by atoms with van der Waals surface area (Å²) in [5, 5.41) is 17.1. The summed E-state index contributed by atoms with van der Waals surface area (Å²) in [6.45, 7) is 11.1. The van der Waals surface area contributed by atoms with E-state index in [-0.39, 0.29) is 22.1 Å². The largest absolute Gasteiger partial charge is 0.543 e. The van der Waals surface area contributed by atoms with Gasteiger partial charge in [0.1, 0.15) is 5.71 Å². The van der Waals surface area contributed by atoms with E-state index >= 15 is 0 Å². The van der Waals surface area contributed by atoms with Crippen LogP contribution >= 0.6 is 0 Å². The molecule has 6 nitrogen and oxygen atoms in total. The highest BCUT2D eigenvalue weighted by Gasteiger charge is 2.40. The summed E-state index contributed by atoms with van der Waals surface area (Å²) >= 11 is 0. The lowest BCUT2D eigenvalue weighted by molar-refractivity contribution is -0.294. The summed E-state index contributed by atoms with van der Waals surface area (Å²) < 4.78 is 0. The van der Waals surface area contributed by atoms with E-state index in [1.165, 1.54) is 16.8 Å². The van der Waals surface area contributed by atoms with Gasteiger partial charge in [-0.3, -0.25) is 4.79 Å². The molecule has 0 aromatic heterocycles. The van der Waals surface area contributed by atoms with E-state index in [9.17, 15) is 14.7 Å². The molecule has 3 heterocycles. The van der Waals surface area contributed by atoms with Crippen molar-refractivity contribution in [2.75, 3.05) is 23.0 Å². The van der Waals surface area contributed by atoms with E-state index in [1.807, 2.05) is 6.07 Å². The lowest BCUT2D eigenvalue weighted by Gasteiger charge is -2.48. The highest BCUT2D eigenvalue weighted by Crippen LogP contribution is 2.49. The van der Waals surface area contributed by atoms with Crippen LogP contribution in [-0.2, 0) is 20.4 Å². The Kier molecular flexibility index (Phi) is 4.74. The van der Waals surface area contributed by atoms with Gasteiger partial charge in [-0.1, -0.05) is 45.9 Å². The van der Waals surface area contributed by atoms with Gasteiger partial charge >= 0.3 is 0 Å². The Morgan fingerprint density at radius 1 is 1.00 bits per heavy atom. The Labute approximate surface area is 194 Å². The van der Waals surface area contributed by atoms with Gasteiger partial charge in [0.05, 0.1) is 17.2 Å². The number of hydrogen-bond acceptors (Lipinski definition) is 5. The summed E-state index contributed by atoms with van der Waals surface area (Å²) in [5.41, 5.74) is 4.84. The molecule has 0 radical (unpaired) electrons. The Balaban J connectivity index is 1.66. The van der Waals surface area contributed by atoms with Crippen LogP contribution in [0.15, 0.2) is 53.1 Å². The van der Waals surface area contributed by atoms with Crippen LogP contribution in [-0.4, -0.2) is 30.7 Å². The van der Waals surface area contributed by atoms with Crippen molar-refractivity contribution < 1.29 is 14.7 Å². The van der Waals surface area contributed by atoms with Gasteiger partial charge in [0, 0.05) is 18.8 Å².